The minimum absolute atomic E-state index is 0.00338. The number of aliphatic hydroxyl groups excluding tert-OH is 1. The molecule has 1 N–H and O–H groups in total. The highest BCUT2D eigenvalue weighted by atomic mass is 16.5. The van der Waals surface area contributed by atoms with Crippen LogP contribution in [0.1, 0.15) is 45.8 Å². The molecular formula is C19H27NO3. The van der Waals surface area contributed by atoms with Crippen molar-refractivity contribution in [3.8, 4) is 11.8 Å². The second-order valence-electron chi connectivity index (χ2n) is 5.87. The number of ether oxygens (including phenoxy) is 1. The van der Waals surface area contributed by atoms with Gasteiger partial charge in [-0.2, -0.15) is 0 Å². The SMILES string of the molecule is CC#CC[C@H](C)C(O)N(C)[C@H](C)[C@H](OC(C)=O)c1ccccc1. The number of carbonyl (C=O) groups excluding carboxylic acids is 1. The Morgan fingerprint density at radius 1 is 1.30 bits per heavy atom. The predicted octanol–water partition coefficient (Wildman–Crippen LogP) is 2.98. The molecule has 0 saturated carbocycles. The van der Waals surface area contributed by atoms with E-state index in [1.54, 1.807) is 6.92 Å². The summed E-state index contributed by atoms with van der Waals surface area (Å²) >= 11 is 0. The van der Waals surface area contributed by atoms with Gasteiger partial charge in [-0.3, -0.25) is 9.69 Å². The van der Waals surface area contributed by atoms with Gasteiger partial charge >= 0.3 is 5.97 Å². The Balaban J connectivity index is 2.92. The van der Waals surface area contributed by atoms with Gasteiger partial charge in [-0.25, -0.2) is 0 Å². The number of carbonyl (C=O) groups is 1. The Kier molecular flexibility index (Phi) is 7.80. The molecule has 4 nitrogen and oxygen atoms in total. The van der Waals surface area contributed by atoms with E-state index in [2.05, 4.69) is 11.8 Å². The van der Waals surface area contributed by atoms with Crippen LogP contribution < -0.4 is 0 Å². The first-order valence-electron chi connectivity index (χ1n) is 7.90. The fourth-order valence-electron chi connectivity index (χ4n) is 2.49. The zero-order chi connectivity index (χ0) is 17.4. The molecule has 0 bridgehead atoms. The first kappa shape index (κ1) is 19.2. The average Bonchev–Trinajstić information content (AvgIpc) is 2.56. The van der Waals surface area contributed by atoms with Crippen LogP contribution in [0.3, 0.4) is 0 Å². The van der Waals surface area contributed by atoms with Gasteiger partial charge in [-0.05, 0) is 26.5 Å². The Bertz CT molecular complexity index is 547. The standard InChI is InChI=1S/C19H27NO3/c1-6-7-11-14(2)19(22)20(5)15(3)18(23-16(4)21)17-12-9-8-10-13-17/h8-10,12-15,18-19,22H,11H2,1-5H3/t14-,15+,18-,19?/m0/s1. The molecule has 0 aliphatic carbocycles. The molecular weight excluding hydrogens is 290 g/mol. The number of rotatable bonds is 7. The summed E-state index contributed by atoms with van der Waals surface area (Å²) in [5, 5.41) is 10.5. The summed E-state index contributed by atoms with van der Waals surface area (Å²) in [4.78, 5) is 13.3. The Morgan fingerprint density at radius 2 is 1.91 bits per heavy atom. The maximum atomic E-state index is 11.5. The summed E-state index contributed by atoms with van der Waals surface area (Å²) in [6, 6.07) is 9.42. The molecule has 1 aromatic rings. The van der Waals surface area contributed by atoms with E-state index in [4.69, 9.17) is 4.74 Å². The molecule has 0 aliphatic rings. The van der Waals surface area contributed by atoms with E-state index in [1.165, 1.54) is 6.92 Å². The molecule has 4 heteroatoms. The third-order valence-electron chi connectivity index (χ3n) is 4.03. The normalized spacial score (nSPS) is 16.0. The molecule has 0 radical (unpaired) electrons. The fraction of sp³-hybridized carbons (Fsp3) is 0.526. The topological polar surface area (TPSA) is 49.8 Å². The van der Waals surface area contributed by atoms with Crippen molar-refractivity contribution in [1.82, 2.24) is 4.90 Å². The number of hydrogen-bond acceptors (Lipinski definition) is 4. The van der Waals surface area contributed by atoms with E-state index in [1.807, 2.05) is 56.1 Å². The molecule has 0 spiro atoms. The third-order valence-corrected chi connectivity index (χ3v) is 4.03. The molecule has 1 rings (SSSR count). The smallest absolute Gasteiger partial charge is 0.303 e. The minimum Gasteiger partial charge on any atom is -0.456 e. The summed E-state index contributed by atoms with van der Waals surface area (Å²) in [5.41, 5.74) is 0.912. The monoisotopic (exact) mass is 317 g/mol. The van der Waals surface area contributed by atoms with Crippen molar-refractivity contribution in [2.24, 2.45) is 5.92 Å². The lowest BCUT2D eigenvalue weighted by atomic mass is 9.99. The minimum atomic E-state index is -0.660. The second kappa shape index (κ2) is 9.34. The van der Waals surface area contributed by atoms with Gasteiger partial charge in [0.15, 0.2) is 0 Å². The van der Waals surface area contributed by atoms with Crippen LogP contribution in [0.4, 0.5) is 0 Å². The molecule has 23 heavy (non-hydrogen) atoms. The summed E-state index contributed by atoms with van der Waals surface area (Å²) in [7, 11) is 1.84. The first-order valence-corrected chi connectivity index (χ1v) is 7.90. The summed E-state index contributed by atoms with van der Waals surface area (Å²) in [6.45, 7) is 7.10. The highest BCUT2D eigenvalue weighted by Gasteiger charge is 2.30. The molecule has 126 valence electrons. The molecule has 0 amide bonds. The van der Waals surface area contributed by atoms with Gasteiger partial charge < -0.3 is 9.84 Å². The number of benzene rings is 1. The Hall–Kier alpha value is -1.83. The largest absolute Gasteiger partial charge is 0.456 e. The van der Waals surface area contributed by atoms with E-state index < -0.39 is 12.3 Å². The van der Waals surface area contributed by atoms with Gasteiger partial charge in [0.25, 0.3) is 0 Å². The van der Waals surface area contributed by atoms with Gasteiger partial charge in [0.05, 0.1) is 6.04 Å². The first-order chi connectivity index (χ1) is 10.9. The lowest BCUT2D eigenvalue weighted by Gasteiger charge is -2.36. The quantitative estimate of drug-likeness (QED) is 0.477. The molecule has 1 aromatic carbocycles. The predicted molar refractivity (Wildman–Crippen MR) is 91.4 cm³/mol. The van der Waals surface area contributed by atoms with Crippen LogP contribution >= 0.6 is 0 Å². The van der Waals surface area contributed by atoms with Crippen molar-refractivity contribution >= 4 is 5.97 Å². The average molecular weight is 317 g/mol. The van der Waals surface area contributed by atoms with Crippen LogP contribution in [0.5, 0.6) is 0 Å². The van der Waals surface area contributed by atoms with Gasteiger partial charge in [-0.1, -0.05) is 37.3 Å². The molecule has 1 unspecified atom stereocenters. The lowest BCUT2D eigenvalue weighted by Crippen LogP contribution is -2.45. The second-order valence-corrected chi connectivity index (χ2v) is 5.87. The number of nitrogens with zero attached hydrogens (tertiary/aromatic N) is 1. The zero-order valence-corrected chi connectivity index (χ0v) is 14.6. The Morgan fingerprint density at radius 3 is 2.43 bits per heavy atom. The summed E-state index contributed by atoms with van der Waals surface area (Å²) in [5.74, 6) is 5.51. The van der Waals surface area contributed by atoms with Crippen LogP contribution in [0.2, 0.25) is 0 Å². The molecule has 0 saturated heterocycles. The highest BCUT2D eigenvalue weighted by Crippen LogP contribution is 2.27. The highest BCUT2D eigenvalue weighted by molar-refractivity contribution is 5.66. The van der Waals surface area contributed by atoms with Crippen molar-refractivity contribution in [2.75, 3.05) is 7.05 Å². The lowest BCUT2D eigenvalue weighted by molar-refractivity contribution is -0.153. The van der Waals surface area contributed by atoms with E-state index in [0.29, 0.717) is 6.42 Å². The third kappa shape index (κ3) is 5.70. The van der Waals surface area contributed by atoms with Crippen LogP contribution in [-0.2, 0) is 9.53 Å². The zero-order valence-electron chi connectivity index (χ0n) is 14.6. The van der Waals surface area contributed by atoms with Crippen molar-refractivity contribution in [3.05, 3.63) is 35.9 Å². The van der Waals surface area contributed by atoms with Crippen molar-refractivity contribution in [1.29, 1.82) is 0 Å². The van der Waals surface area contributed by atoms with E-state index in [9.17, 15) is 9.90 Å². The summed E-state index contributed by atoms with van der Waals surface area (Å²) < 4.78 is 5.51. The molecule has 0 fully saturated rings. The fourth-order valence-corrected chi connectivity index (χ4v) is 2.49. The Labute approximate surface area is 139 Å². The number of likely N-dealkylation sites (N-methyl/N-ethyl adjacent to an activating group) is 1. The molecule has 4 atom stereocenters. The maximum Gasteiger partial charge on any atom is 0.303 e. The van der Waals surface area contributed by atoms with Crippen LogP contribution in [0, 0.1) is 17.8 Å². The number of aliphatic hydroxyl groups is 1. The van der Waals surface area contributed by atoms with Crippen molar-refractivity contribution in [2.45, 2.75) is 52.5 Å². The molecule has 0 heterocycles. The van der Waals surface area contributed by atoms with Crippen molar-refractivity contribution < 1.29 is 14.6 Å². The van der Waals surface area contributed by atoms with E-state index >= 15 is 0 Å². The van der Waals surface area contributed by atoms with Crippen molar-refractivity contribution in [3.63, 3.8) is 0 Å². The van der Waals surface area contributed by atoms with Gasteiger partial charge in [0, 0.05) is 19.3 Å². The van der Waals surface area contributed by atoms with Crippen LogP contribution in [0.15, 0.2) is 30.3 Å². The van der Waals surface area contributed by atoms with Crippen LogP contribution in [-0.4, -0.2) is 35.3 Å². The van der Waals surface area contributed by atoms with E-state index in [-0.39, 0.29) is 17.9 Å². The van der Waals surface area contributed by atoms with Gasteiger partial charge in [0.1, 0.15) is 12.3 Å². The number of hydrogen-bond donors (Lipinski definition) is 1. The molecule has 0 aliphatic heterocycles. The van der Waals surface area contributed by atoms with Gasteiger partial charge in [-0.15, -0.1) is 11.8 Å². The maximum absolute atomic E-state index is 11.5. The number of esters is 1. The molecule has 0 aromatic heterocycles. The van der Waals surface area contributed by atoms with Gasteiger partial charge in [0.2, 0.25) is 0 Å². The van der Waals surface area contributed by atoms with Crippen LogP contribution in [0.25, 0.3) is 0 Å². The van der Waals surface area contributed by atoms with E-state index in [0.717, 1.165) is 5.56 Å². The summed E-state index contributed by atoms with van der Waals surface area (Å²) in [6.07, 6.45) is -0.469.